The van der Waals surface area contributed by atoms with Gasteiger partial charge in [-0.15, -0.1) is 0 Å². The predicted octanol–water partition coefficient (Wildman–Crippen LogP) is 3.43. The van der Waals surface area contributed by atoms with Crippen LogP contribution >= 0.6 is 0 Å². The molecule has 1 heterocycles. The van der Waals surface area contributed by atoms with Gasteiger partial charge in [-0.1, -0.05) is 20.8 Å². The molecule has 4 bridgehead atoms. The highest BCUT2D eigenvalue weighted by Crippen LogP contribution is 2.60. The highest BCUT2D eigenvalue weighted by molar-refractivity contribution is 7.89. The van der Waals surface area contributed by atoms with Crippen LogP contribution in [0.15, 0.2) is 0 Å². The fraction of sp³-hybridized carbons (Fsp3) is 1.00. The van der Waals surface area contributed by atoms with Crippen LogP contribution in [0.5, 0.6) is 0 Å². The Kier molecular flexibility index (Phi) is 4.73. The zero-order valence-corrected chi connectivity index (χ0v) is 16.9. The van der Waals surface area contributed by atoms with Crippen molar-refractivity contribution in [2.45, 2.75) is 65.3 Å². The Bertz CT molecular complexity index is 559. The highest BCUT2D eigenvalue weighted by Gasteiger charge is 2.55. The topological polar surface area (TPSA) is 55.4 Å². The van der Waals surface area contributed by atoms with Gasteiger partial charge in [-0.3, -0.25) is 0 Å². The van der Waals surface area contributed by atoms with E-state index in [9.17, 15) is 8.42 Å². The molecule has 1 saturated heterocycles. The average molecular weight is 370 g/mol. The molecule has 0 spiro atoms. The predicted molar refractivity (Wildman–Crippen MR) is 99.6 cm³/mol. The van der Waals surface area contributed by atoms with E-state index in [4.69, 9.17) is 4.74 Å². The van der Waals surface area contributed by atoms with E-state index in [1.54, 1.807) is 0 Å². The van der Waals surface area contributed by atoms with Gasteiger partial charge in [0.2, 0.25) is 10.0 Å². The maximum Gasteiger partial charge on any atom is 0.212 e. The molecule has 0 aromatic heterocycles. The Morgan fingerprint density at radius 2 is 1.44 bits per heavy atom. The van der Waals surface area contributed by atoms with Gasteiger partial charge in [-0.05, 0) is 79.4 Å². The molecule has 0 unspecified atom stereocenters. The fourth-order valence-electron chi connectivity index (χ4n) is 6.97. The molecule has 0 radical (unpaired) electrons. The molecule has 5 heteroatoms. The quantitative estimate of drug-likeness (QED) is 0.826. The average Bonchev–Trinajstić information content (AvgIpc) is 2.49. The Morgan fingerprint density at radius 1 is 0.920 bits per heavy atom. The SMILES string of the molecule is CC(C)(C)C1C2CC3CC1CC(C2)C3NS(=O)(=O)CC1CCOCC1. The molecule has 5 rings (SSSR count). The van der Waals surface area contributed by atoms with Crippen molar-refractivity contribution in [3.63, 3.8) is 0 Å². The van der Waals surface area contributed by atoms with Crippen molar-refractivity contribution in [1.82, 2.24) is 4.72 Å². The lowest BCUT2D eigenvalue weighted by atomic mass is 9.46. The van der Waals surface area contributed by atoms with Crippen molar-refractivity contribution in [1.29, 1.82) is 0 Å². The molecule has 144 valence electrons. The van der Waals surface area contributed by atoms with E-state index in [0.29, 0.717) is 36.2 Å². The first-order valence-corrected chi connectivity index (χ1v) is 12.0. The first-order chi connectivity index (χ1) is 11.7. The second kappa shape index (κ2) is 6.49. The van der Waals surface area contributed by atoms with E-state index >= 15 is 0 Å². The molecule has 0 atom stereocenters. The molecule has 4 nitrogen and oxygen atoms in total. The van der Waals surface area contributed by atoms with Crippen LogP contribution in [0.1, 0.15) is 59.3 Å². The molecule has 1 N–H and O–H groups in total. The highest BCUT2D eigenvalue weighted by atomic mass is 32.2. The van der Waals surface area contributed by atoms with Crippen LogP contribution in [0, 0.1) is 40.9 Å². The second-order valence-corrected chi connectivity index (χ2v) is 12.2. The van der Waals surface area contributed by atoms with Gasteiger partial charge in [0.15, 0.2) is 0 Å². The van der Waals surface area contributed by atoms with E-state index in [0.717, 1.165) is 30.6 Å². The lowest BCUT2D eigenvalue weighted by molar-refractivity contribution is -0.0950. The summed E-state index contributed by atoms with van der Waals surface area (Å²) in [7, 11) is -3.17. The van der Waals surface area contributed by atoms with Crippen molar-refractivity contribution < 1.29 is 13.2 Å². The van der Waals surface area contributed by atoms with Crippen LogP contribution in [0.2, 0.25) is 0 Å². The summed E-state index contributed by atoms with van der Waals surface area (Å²) in [5.41, 5.74) is 0.390. The summed E-state index contributed by atoms with van der Waals surface area (Å²) in [6.07, 6.45) is 6.71. The zero-order chi connectivity index (χ0) is 17.8. The third-order valence-corrected chi connectivity index (χ3v) is 9.11. The van der Waals surface area contributed by atoms with Gasteiger partial charge >= 0.3 is 0 Å². The summed E-state index contributed by atoms with van der Waals surface area (Å²) in [6, 6.07) is 0.207. The molecule has 0 amide bonds. The summed E-state index contributed by atoms with van der Waals surface area (Å²) in [5, 5.41) is 0. The minimum Gasteiger partial charge on any atom is -0.381 e. The molecule has 5 fully saturated rings. The number of hydrogen-bond acceptors (Lipinski definition) is 3. The Labute approximate surface area is 153 Å². The molecule has 4 saturated carbocycles. The number of sulfonamides is 1. The number of rotatable bonds is 4. The van der Waals surface area contributed by atoms with E-state index < -0.39 is 10.0 Å². The van der Waals surface area contributed by atoms with Crippen LogP contribution in [-0.4, -0.2) is 33.4 Å². The minimum atomic E-state index is -3.17. The number of ether oxygens (including phenoxy) is 1. The number of hydrogen-bond donors (Lipinski definition) is 1. The number of nitrogens with one attached hydrogen (secondary N) is 1. The molecule has 5 aliphatic rings. The largest absolute Gasteiger partial charge is 0.381 e. The van der Waals surface area contributed by atoms with Crippen LogP contribution in [0.4, 0.5) is 0 Å². The van der Waals surface area contributed by atoms with E-state index in [1.807, 2.05) is 0 Å². The summed E-state index contributed by atoms with van der Waals surface area (Å²) in [5.74, 6) is 4.19. The van der Waals surface area contributed by atoms with Crippen molar-refractivity contribution in [2.24, 2.45) is 40.9 Å². The first kappa shape index (κ1) is 18.2. The van der Waals surface area contributed by atoms with Crippen LogP contribution in [0.25, 0.3) is 0 Å². The molecule has 4 aliphatic carbocycles. The van der Waals surface area contributed by atoms with Gasteiger partial charge in [0.1, 0.15) is 0 Å². The monoisotopic (exact) mass is 369 g/mol. The Balaban J connectivity index is 1.41. The van der Waals surface area contributed by atoms with Crippen molar-refractivity contribution in [2.75, 3.05) is 19.0 Å². The van der Waals surface area contributed by atoms with Gasteiger partial charge < -0.3 is 4.74 Å². The third-order valence-electron chi connectivity index (χ3n) is 7.57. The summed E-state index contributed by atoms with van der Waals surface area (Å²) in [6.45, 7) is 8.62. The van der Waals surface area contributed by atoms with Gasteiger partial charge in [-0.2, -0.15) is 0 Å². The van der Waals surface area contributed by atoms with Gasteiger partial charge in [0.25, 0.3) is 0 Å². The van der Waals surface area contributed by atoms with E-state index in [-0.39, 0.29) is 12.0 Å². The van der Waals surface area contributed by atoms with Crippen LogP contribution in [0.3, 0.4) is 0 Å². The van der Waals surface area contributed by atoms with Gasteiger partial charge in [-0.25, -0.2) is 13.1 Å². The third kappa shape index (κ3) is 3.66. The minimum absolute atomic E-state index is 0.207. The lowest BCUT2D eigenvalue weighted by Gasteiger charge is -2.61. The molecule has 1 aliphatic heterocycles. The molecular formula is C20H35NO3S. The summed E-state index contributed by atoms with van der Waals surface area (Å²) in [4.78, 5) is 0. The van der Waals surface area contributed by atoms with E-state index in [1.165, 1.54) is 25.7 Å². The molecule has 25 heavy (non-hydrogen) atoms. The summed E-state index contributed by atoms with van der Waals surface area (Å²) < 4.78 is 34.1. The van der Waals surface area contributed by atoms with Crippen LogP contribution < -0.4 is 4.72 Å². The maximum atomic E-state index is 12.8. The Hall–Kier alpha value is -0.130. The normalized spacial score (nSPS) is 42.0. The lowest BCUT2D eigenvalue weighted by Crippen LogP contribution is -2.60. The van der Waals surface area contributed by atoms with Crippen LogP contribution in [-0.2, 0) is 14.8 Å². The standard InChI is InChI=1S/C20H35NO3S/c1-20(2,3)18-14-8-16-10-15(18)11-17(9-14)19(16)21-25(22,23)12-13-4-6-24-7-5-13/h13-19,21H,4-12H2,1-3H3. The molecular weight excluding hydrogens is 334 g/mol. The van der Waals surface area contributed by atoms with Crippen molar-refractivity contribution in [3.8, 4) is 0 Å². The second-order valence-electron chi connectivity index (χ2n) is 10.4. The van der Waals surface area contributed by atoms with Gasteiger partial charge in [0, 0.05) is 19.3 Å². The maximum absolute atomic E-state index is 12.8. The van der Waals surface area contributed by atoms with Gasteiger partial charge in [0.05, 0.1) is 5.75 Å². The summed E-state index contributed by atoms with van der Waals surface area (Å²) >= 11 is 0. The molecule has 0 aromatic rings. The Morgan fingerprint density at radius 3 is 1.92 bits per heavy atom. The molecule has 0 aromatic carbocycles. The zero-order valence-electron chi connectivity index (χ0n) is 16.0. The van der Waals surface area contributed by atoms with E-state index in [2.05, 4.69) is 25.5 Å². The fourth-order valence-corrected chi connectivity index (χ4v) is 8.82. The van der Waals surface area contributed by atoms with Crippen molar-refractivity contribution >= 4 is 10.0 Å². The first-order valence-electron chi connectivity index (χ1n) is 10.3. The van der Waals surface area contributed by atoms with Crippen molar-refractivity contribution in [3.05, 3.63) is 0 Å². The smallest absolute Gasteiger partial charge is 0.212 e.